The molecule has 98 valence electrons. The van der Waals surface area contributed by atoms with E-state index in [1.54, 1.807) is 6.07 Å². The first-order valence-electron chi connectivity index (χ1n) is 6.02. The molecule has 0 aliphatic carbocycles. The summed E-state index contributed by atoms with van der Waals surface area (Å²) < 4.78 is 5.45. The number of carbonyl (C=O) groups excluding carboxylic acids is 1. The summed E-state index contributed by atoms with van der Waals surface area (Å²) in [5, 5.41) is 6.66. The SMILES string of the molecule is Cc1c(Cl)cccc1OCC(=O)NCC1CNC1. The molecule has 2 N–H and O–H groups in total. The van der Waals surface area contributed by atoms with Crippen LogP contribution in [0.4, 0.5) is 0 Å². The number of nitrogens with one attached hydrogen (secondary N) is 2. The van der Waals surface area contributed by atoms with Crippen LogP contribution in [-0.4, -0.2) is 32.1 Å². The van der Waals surface area contributed by atoms with Crippen molar-refractivity contribution in [2.75, 3.05) is 26.2 Å². The number of benzene rings is 1. The van der Waals surface area contributed by atoms with E-state index in [4.69, 9.17) is 16.3 Å². The molecule has 4 nitrogen and oxygen atoms in total. The maximum atomic E-state index is 11.6. The Hall–Kier alpha value is -1.26. The minimum absolute atomic E-state index is 0.0291. The monoisotopic (exact) mass is 268 g/mol. The van der Waals surface area contributed by atoms with Gasteiger partial charge in [-0.25, -0.2) is 0 Å². The zero-order valence-electron chi connectivity index (χ0n) is 10.3. The molecule has 1 aliphatic heterocycles. The lowest BCUT2D eigenvalue weighted by Gasteiger charge is -2.27. The summed E-state index contributed by atoms with van der Waals surface area (Å²) in [7, 11) is 0. The summed E-state index contributed by atoms with van der Waals surface area (Å²) in [6.45, 7) is 4.57. The fourth-order valence-corrected chi connectivity index (χ4v) is 1.86. The highest BCUT2D eigenvalue weighted by Crippen LogP contribution is 2.24. The molecule has 0 bridgehead atoms. The van der Waals surface area contributed by atoms with Crippen molar-refractivity contribution in [1.82, 2.24) is 10.6 Å². The zero-order valence-corrected chi connectivity index (χ0v) is 11.1. The van der Waals surface area contributed by atoms with Crippen LogP contribution in [0.2, 0.25) is 5.02 Å². The van der Waals surface area contributed by atoms with Crippen LogP contribution >= 0.6 is 11.6 Å². The first kappa shape index (κ1) is 13.2. The van der Waals surface area contributed by atoms with E-state index in [0.29, 0.717) is 23.2 Å². The van der Waals surface area contributed by atoms with Gasteiger partial charge in [0.15, 0.2) is 6.61 Å². The van der Waals surface area contributed by atoms with Gasteiger partial charge in [-0.3, -0.25) is 4.79 Å². The molecule has 0 aromatic heterocycles. The smallest absolute Gasteiger partial charge is 0.257 e. The summed E-state index contributed by atoms with van der Waals surface area (Å²) >= 11 is 5.97. The quantitative estimate of drug-likeness (QED) is 0.848. The second kappa shape index (κ2) is 6.07. The second-order valence-electron chi connectivity index (χ2n) is 4.48. The number of amides is 1. The Morgan fingerprint density at radius 2 is 2.33 bits per heavy atom. The third-order valence-electron chi connectivity index (χ3n) is 3.03. The molecule has 1 aromatic carbocycles. The summed E-state index contributed by atoms with van der Waals surface area (Å²) in [5.74, 6) is 1.12. The van der Waals surface area contributed by atoms with Crippen molar-refractivity contribution in [1.29, 1.82) is 0 Å². The van der Waals surface area contributed by atoms with Crippen molar-refractivity contribution in [3.8, 4) is 5.75 Å². The van der Waals surface area contributed by atoms with Gasteiger partial charge in [-0.1, -0.05) is 17.7 Å². The summed E-state index contributed by atoms with van der Waals surface area (Å²) in [6.07, 6.45) is 0. The minimum atomic E-state index is -0.0960. The molecule has 18 heavy (non-hydrogen) atoms. The van der Waals surface area contributed by atoms with Gasteiger partial charge >= 0.3 is 0 Å². The predicted molar refractivity (Wildman–Crippen MR) is 71.1 cm³/mol. The second-order valence-corrected chi connectivity index (χ2v) is 4.89. The van der Waals surface area contributed by atoms with E-state index in [-0.39, 0.29) is 12.5 Å². The normalized spacial score (nSPS) is 15.0. The van der Waals surface area contributed by atoms with E-state index in [9.17, 15) is 4.79 Å². The maximum Gasteiger partial charge on any atom is 0.257 e. The van der Waals surface area contributed by atoms with Crippen LogP contribution in [0, 0.1) is 12.8 Å². The number of carbonyl (C=O) groups is 1. The van der Waals surface area contributed by atoms with E-state index in [1.165, 1.54) is 0 Å². The molecule has 1 aromatic rings. The molecule has 5 heteroatoms. The van der Waals surface area contributed by atoms with Gasteiger partial charge in [0.2, 0.25) is 0 Å². The fourth-order valence-electron chi connectivity index (χ4n) is 1.69. The maximum absolute atomic E-state index is 11.6. The molecule has 1 fully saturated rings. The summed E-state index contributed by atoms with van der Waals surface area (Å²) in [6, 6.07) is 5.42. The van der Waals surface area contributed by atoms with Crippen LogP contribution in [0.5, 0.6) is 5.75 Å². The third kappa shape index (κ3) is 3.37. The molecule has 2 rings (SSSR count). The van der Waals surface area contributed by atoms with Gasteiger partial charge in [-0.05, 0) is 19.1 Å². The number of hydrogen-bond donors (Lipinski definition) is 2. The van der Waals surface area contributed by atoms with Gasteiger partial charge in [0, 0.05) is 36.1 Å². The highest BCUT2D eigenvalue weighted by molar-refractivity contribution is 6.31. The predicted octanol–water partition coefficient (Wildman–Crippen LogP) is 1.36. The van der Waals surface area contributed by atoms with Crippen molar-refractivity contribution in [3.63, 3.8) is 0 Å². The average molecular weight is 269 g/mol. The first-order valence-corrected chi connectivity index (χ1v) is 6.40. The largest absolute Gasteiger partial charge is 0.483 e. The Kier molecular flexibility index (Phi) is 4.44. The minimum Gasteiger partial charge on any atom is -0.483 e. The van der Waals surface area contributed by atoms with Crippen molar-refractivity contribution in [2.45, 2.75) is 6.92 Å². The Balaban J connectivity index is 1.76. The molecule has 0 atom stereocenters. The molecular weight excluding hydrogens is 252 g/mol. The summed E-state index contributed by atoms with van der Waals surface area (Å²) in [4.78, 5) is 11.6. The number of halogens is 1. The highest BCUT2D eigenvalue weighted by atomic mass is 35.5. The third-order valence-corrected chi connectivity index (χ3v) is 3.44. The molecule has 1 saturated heterocycles. The lowest BCUT2D eigenvalue weighted by molar-refractivity contribution is -0.123. The Bertz CT molecular complexity index is 433. The van der Waals surface area contributed by atoms with Gasteiger partial charge in [-0.15, -0.1) is 0 Å². The molecular formula is C13H17ClN2O2. The van der Waals surface area contributed by atoms with Crippen molar-refractivity contribution in [3.05, 3.63) is 28.8 Å². The fraction of sp³-hybridized carbons (Fsp3) is 0.462. The first-order chi connectivity index (χ1) is 8.66. The molecule has 1 aliphatic rings. The van der Waals surface area contributed by atoms with Crippen molar-refractivity contribution >= 4 is 17.5 Å². The lowest BCUT2D eigenvalue weighted by atomic mass is 10.0. The van der Waals surface area contributed by atoms with Crippen LogP contribution in [0.15, 0.2) is 18.2 Å². The highest BCUT2D eigenvalue weighted by Gasteiger charge is 2.17. The topological polar surface area (TPSA) is 50.4 Å². The Morgan fingerprint density at radius 3 is 3.00 bits per heavy atom. The Morgan fingerprint density at radius 1 is 1.56 bits per heavy atom. The van der Waals surface area contributed by atoms with E-state index in [2.05, 4.69) is 10.6 Å². The Labute approximate surface area is 112 Å². The van der Waals surface area contributed by atoms with Crippen LogP contribution in [0.3, 0.4) is 0 Å². The summed E-state index contributed by atoms with van der Waals surface area (Å²) in [5.41, 5.74) is 0.857. The van der Waals surface area contributed by atoms with Crippen LogP contribution in [-0.2, 0) is 4.79 Å². The van der Waals surface area contributed by atoms with Crippen LogP contribution in [0.1, 0.15) is 5.56 Å². The van der Waals surface area contributed by atoms with Crippen LogP contribution < -0.4 is 15.4 Å². The standard InChI is InChI=1S/C13H17ClN2O2/c1-9-11(14)3-2-4-12(9)18-8-13(17)16-7-10-5-15-6-10/h2-4,10,15H,5-8H2,1H3,(H,16,17). The molecule has 0 unspecified atom stereocenters. The number of rotatable bonds is 5. The van der Waals surface area contributed by atoms with Crippen molar-refractivity contribution in [2.24, 2.45) is 5.92 Å². The van der Waals surface area contributed by atoms with Gasteiger partial charge in [0.1, 0.15) is 5.75 Å². The van der Waals surface area contributed by atoms with Gasteiger partial charge in [0.05, 0.1) is 0 Å². The molecule has 0 spiro atoms. The molecule has 0 radical (unpaired) electrons. The molecule has 1 amide bonds. The van der Waals surface area contributed by atoms with Gasteiger partial charge in [0.25, 0.3) is 5.91 Å². The van der Waals surface area contributed by atoms with Gasteiger partial charge < -0.3 is 15.4 Å². The van der Waals surface area contributed by atoms with Crippen molar-refractivity contribution < 1.29 is 9.53 Å². The molecule has 0 saturated carbocycles. The van der Waals surface area contributed by atoms with E-state index < -0.39 is 0 Å². The van der Waals surface area contributed by atoms with E-state index in [1.807, 2.05) is 19.1 Å². The van der Waals surface area contributed by atoms with Gasteiger partial charge in [-0.2, -0.15) is 0 Å². The lowest BCUT2D eigenvalue weighted by Crippen LogP contribution is -2.48. The number of ether oxygens (including phenoxy) is 1. The zero-order chi connectivity index (χ0) is 13.0. The molecule has 1 heterocycles. The van der Waals surface area contributed by atoms with Crippen LogP contribution in [0.25, 0.3) is 0 Å². The van der Waals surface area contributed by atoms with E-state index in [0.717, 1.165) is 18.7 Å². The van der Waals surface area contributed by atoms with E-state index >= 15 is 0 Å². The number of hydrogen-bond acceptors (Lipinski definition) is 3. The average Bonchev–Trinajstić information content (AvgIpc) is 2.29.